The molecule has 0 fully saturated rings. The molecule has 0 atom stereocenters. The molecule has 0 aliphatic heterocycles. The molecule has 4 aromatic rings. The van der Waals surface area contributed by atoms with Gasteiger partial charge in [0.05, 0.1) is 30.2 Å². The number of anilines is 1. The summed E-state index contributed by atoms with van der Waals surface area (Å²) in [5, 5.41) is 5.68. The Morgan fingerprint density at radius 2 is 1.70 bits per heavy atom. The second kappa shape index (κ2) is 12.0. The van der Waals surface area contributed by atoms with Crippen LogP contribution in [0.5, 0.6) is 0 Å². The van der Waals surface area contributed by atoms with Crippen LogP contribution in [0.4, 0.5) is 5.00 Å². The Kier molecular flexibility index (Phi) is 8.52. The van der Waals surface area contributed by atoms with E-state index in [-0.39, 0.29) is 40.3 Å². The average Bonchev–Trinajstić information content (AvgIpc) is 3.23. The summed E-state index contributed by atoms with van der Waals surface area (Å²) in [6, 6.07) is 16.0. The number of esters is 2. The maximum Gasteiger partial charge on any atom is 0.348 e. The van der Waals surface area contributed by atoms with Crippen LogP contribution >= 0.6 is 23.1 Å². The van der Waals surface area contributed by atoms with E-state index in [0.717, 1.165) is 33.4 Å². The van der Waals surface area contributed by atoms with E-state index in [9.17, 15) is 14.4 Å². The van der Waals surface area contributed by atoms with Gasteiger partial charge in [0, 0.05) is 11.8 Å². The van der Waals surface area contributed by atoms with Gasteiger partial charge < -0.3 is 14.8 Å². The maximum atomic E-state index is 12.8. The Balaban J connectivity index is 1.48. The number of fused-ring (bicyclic) bond motifs is 1. The summed E-state index contributed by atoms with van der Waals surface area (Å²) < 4.78 is 10.2. The van der Waals surface area contributed by atoms with Crippen molar-refractivity contribution < 1.29 is 23.9 Å². The highest BCUT2D eigenvalue weighted by atomic mass is 32.2. The number of nitrogens with one attached hydrogen (secondary N) is 1. The van der Waals surface area contributed by atoms with E-state index >= 15 is 0 Å². The highest BCUT2D eigenvalue weighted by Crippen LogP contribution is 2.34. The number of hydrogen-bond donors (Lipinski definition) is 1. The van der Waals surface area contributed by atoms with Crippen molar-refractivity contribution >= 4 is 56.7 Å². The lowest BCUT2D eigenvalue weighted by molar-refractivity contribution is -0.113. The topological polar surface area (TPSA) is 107 Å². The fourth-order valence-electron chi connectivity index (χ4n) is 3.65. The quantitative estimate of drug-likeness (QED) is 0.164. The summed E-state index contributed by atoms with van der Waals surface area (Å²) in [6.45, 7) is 5.38. The maximum absolute atomic E-state index is 12.8. The van der Waals surface area contributed by atoms with Crippen LogP contribution in [0.15, 0.2) is 59.9 Å². The number of thiophene rings is 1. The van der Waals surface area contributed by atoms with Crippen molar-refractivity contribution in [3.05, 3.63) is 70.7 Å². The number of carbonyl (C=O) groups excluding carboxylic acids is 3. The molecule has 0 saturated heterocycles. The van der Waals surface area contributed by atoms with Crippen LogP contribution in [0.3, 0.4) is 0 Å². The fraction of sp³-hybridized carbons (Fsp3) is 0.222. The summed E-state index contributed by atoms with van der Waals surface area (Å²) in [5.74, 6) is -1.52. The number of nitrogens with zero attached hydrogens (tertiary/aromatic N) is 2. The van der Waals surface area contributed by atoms with Gasteiger partial charge in [-0.05, 0) is 49.2 Å². The van der Waals surface area contributed by atoms with Crippen LogP contribution in [-0.2, 0) is 14.3 Å². The zero-order chi connectivity index (χ0) is 26.4. The van der Waals surface area contributed by atoms with Gasteiger partial charge in [-0.1, -0.05) is 48.2 Å². The van der Waals surface area contributed by atoms with Gasteiger partial charge in [0.25, 0.3) is 0 Å². The molecule has 0 aliphatic rings. The minimum atomic E-state index is -0.610. The van der Waals surface area contributed by atoms with Crippen molar-refractivity contribution in [2.24, 2.45) is 0 Å². The molecule has 1 N–H and O–H groups in total. The van der Waals surface area contributed by atoms with Crippen LogP contribution in [0.25, 0.3) is 22.0 Å². The predicted molar refractivity (Wildman–Crippen MR) is 145 cm³/mol. The van der Waals surface area contributed by atoms with E-state index in [1.54, 1.807) is 27.0 Å². The number of rotatable bonds is 9. The summed E-state index contributed by atoms with van der Waals surface area (Å²) in [7, 11) is 0. The van der Waals surface area contributed by atoms with Crippen LogP contribution in [0.1, 0.15) is 39.4 Å². The molecule has 190 valence electrons. The normalized spacial score (nSPS) is 10.8. The number of thioether (sulfide) groups is 1. The van der Waals surface area contributed by atoms with Gasteiger partial charge in [-0.25, -0.2) is 19.6 Å². The molecular formula is C27H25N3O5S2. The van der Waals surface area contributed by atoms with Crippen molar-refractivity contribution in [1.82, 2.24) is 9.97 Å². The Morgan fingerprint density at radius 3 is 2.46 bits per heavy atom. The standard InChI is InChI=1S/C27H25N3O5S2/c1-4-34-25(32)22-16(3)23(26(33)35-5-2)37-24(22)30-21(31)15-36-27-28-13-12-20(29-27)19-11-10-17-8-6-7-9-18(17)14-19/h6-14H,4-5,15H2,1-3H3,(H,30,31). The second-order valence-electron chi connectivity index (χ2n) is 7.82. The lowest BCUT2D eigenvalue weighted by Gasteiger charge is -2.07. The summed E-state index contributed by atoms with van der Waals surface area (Å²) in [6.07, 6.45) is 1.66. The van der Waals surface area contributed by atoms with Crippen molar-refractivity contribution in [1.29, 1.82) is 0 Å². The fourth-order valence-corrected chi connectivity index (χ4v) is 5.39. The predicted octanol–water partition coefficient (Wildman–Crippen LogP) is 5.75. The number of hydrogen-bond acceptors (Lipinski definition) is 9. The SMILES string of the molecule is CCOC(=O)c1sc(NC(=O)CSc2nccc(-c3ccc4ccccc4c3)n2)c(C(=O)OCC)c1C. The van der Waals surface area contributed by atoms with Gasteiger partial charge in [-0.3, -0.25) is 4.79 Å². The van der Waals surface area contributed by atoms with Crippen molar-refractivity contribution in [3.8, 4) is 11.3 Å². The first-order valence-electron chi connectivity index (χ1n) is 11.6. The van der Waals surface area contributed by atoms with Gasteiger partial charge in [0.2, 0.25) is 5.91 Å². The number of benzene rings is 2. The van der Waals surface area contributed by atoms with Crippen LogP contribution < -0.4 is 5.32 Å². The van der Waals surface area contributed by atoms with E-state index in [2.05, 4.69) is 27.4 Å². The molecule has 4 rings (SSSR count). The van der Waals surface area contributed by atoms with Crippen molar-refractivity contribution in [2.75, 3.05) is 24.3 Å². The minimum absolute atomic E-state index is 0.00905. The van der Waals surface area contributed by atoms with Gasteiger partial charge >= 0.3 is 11.9 Å². The smallest absolute Gasteiger partial charge is 0.348 e. The summed E-state index contributed by atoms with van der Waals surface area (Å²) in [5.41, 5.74) is 2.27. The second-order valence-corrected chi connectivity index (χ2v) is 9.79. The third kappa shape index (κ3) is 6.15. The monoisotopic (exact) mass is 535 g/mol. The highest BCUT2D eigenvalue weighted by Gasteiger charge is 2.27. The van der Waals surface area contributed by atoms with Crippen LogP contribution in [0, 0.1) is 6.92 Å². The highest BCUT2D eigenvalue weighted by molar-refractivity contribution is 7.99. The van der Waals surface area contributed by atoms with Crippen molar-refractivity contribution in [2.45, 2.75) is 25.9 Å². The molecule has 0 aliphatic carbocycles. The first kappa shape index (κ1) is 26.3. The number of aromatic nitrogens is 2. The third-order valence-electron chi connectivity index (χ3n) is 5.35. The Morgan fingerprint density at radius 1 is 0.973 bits per heavy atom. The summed E-state index contributed by atoms with van der Waals surface area (Å²) >= 11 is 2.16. The van der Waals surface area contributed by atoms with E-state index in [1.165, 1.54) is 11.8 Å². The molecule has 0 spiro atoms. The van der Waals surface area contributed by atoms with Gasteiger partial charge in [0.1, 0.15) is 9.88 Å². The molecule has 0 unspecified atom stereocenters. The molecule has 2 aromatic heterocycles. The van der Waals surface area contributed by atoms with Gasteiger partial charge in [-0.15, -0.1) is 11.3 Å². The molecule has 0 radical (unpaired) electrons. The lowest BCUT2D eigenvalue weighted by Crippen LogP contribution is -2.16. The zero-order valence-corrected chi connectivity index (χ0v) is 22.2. The van der Waals surface area contributed by atoms with Gasteiger partial charge in [0.15, 0.2) is 5.16 Å². The summed E-state index contributed by atoms with van der Waals surface area (Å²) in [4.78, 5) is 46.8. The van der Waals surface area contributed by atoms with E-state index in [4.69, 9.17) is 9.47 Å². The molecule has 8 nitrogen and oxygen atoms in total. The Hall–Kier alpha value is -3.76. The van der Waals surface area contributed by atoms with Crippen LogP contribution in [-0.4, -0.2) is 46.8 Å². The van der Waals surface area contributed by atoms with E-state index in [1.807, 2.05) is 36.4 Å². The number of carbonyl (C=O) groups is 3. The van der Waals surface area contributed by atoms with Crippen LogP contribution in [0.2, 0.25) is 0 Å². The van der Waals surface area contributed by atoms with Gasteiger partial charge in [-0.2, -0.15) is 0 Å². The Bertz CT molecular complexity index is 1470. The van der Waals surface area contributed by atoms with E-state index in [0.29, 0.717) is 10.7 Å². The third-order valence-corrected chi connectivity index (χ3v) is 7.40. The molecule has 0 bridgehead atoms. The molecule has 2 aromatic carbocycles. The molecule has 37 heavy (non-hydrogen) atoms. The van der Waals surface area contributed by atoms with E-state index < -0.39 is 11.9 Å². The Labute approximate surface area is 222 Å². The van der Waals surface area contributed by atoms with Crippen molar-refractivity contribution in [3.63, 3.8) is 0 Å². The zero-order valence-electron chi connectivity index (χ0n) is 20.6. The molecule has 0 saturated carbocycles. The molecule has 1 amide bonds. The first-order valence-corrected chi connectivity index (χ1v) is 13.4. The largest absolute Gasteiger partial charge is 0.462 e. The minimum Gasteiger partial charge on any atom is -0.462 e. The molecule has 10 heteroatoms. The number of amides is 1. The average molecular weight is 536 g/mol. The molecule has 2 heterocycles. The first-order chi connectivity index (χ1) is 17.9. The number of ether oxygens (including phenoxy) is 2. The lowest BCUT2D eigenvalue weighted by atomic mass is 10.1. The molecular weight excluding hydrogens is 510 g/mol.